The quantitative estimate of drug-likeness (QED) is 0.0971. The highest BCUT2D eigenvalue weighted by atomic mass is 127. The van der Waals surface area contributed by atoms with Gasteiger partial charge in [0.05, 0.1) is 56.5 Å². The van der Waals surface area contributed by atoms with Crippen LogP contribution in [0.3, 0.4) is 0 Å². The summed E-state index contributed by atoms with van der Waals surface area (Å²) in [6.07, 6.45) is -3.31. The van der Waals surface area contributed by atoms with Crippen LogP contribution in [-0.2, 0) is 33.4 Å². The summed E-state index contributed by atoms with van der Waals surface area (Å²) < 4.78 is 16.4. The predicted octanol–water partition coefficient (Wildman–Crippen LogP) is 1.81. The summed E-state index contributed by atoms with van der Waals surface area (Å²) in [6, 6.07) is 1.29. The lowest BCUT2D eigenvalue weighted by molar-refractivity contribution is -0.175. The summed E-state index contributed by atoms with van der Waals surface area (Å²) in [4.78, 5) is 75.3. The Morgan fingerprint density at radius 3 is 1.90 bits per heavy atom. The highest BCUT2D eigenvalue weighted by molar-refractivity contribution is 14.1. The van der Waals surface area contributed by atoms with E-state index in [4.69, 9.17) is 25.8 Å². The summed E-state index contributed by atoms with van der Waals surface area (Å²) in [5.41, 5.74) is -0.165. The van der Waals surface area contributed by atoms with Crippen molar-refractivity contribution in [3.63, 3.8) is 0 Å². The lowest BCUT2D eigenvalue weighted by atomic mass is 10.1. The largest absolute Gasteiger partial charge is 0.462 e. The summed E-state index contributed by atoms with van der Waals surface area (Å²) in [5, 5.41) is 17.7. The minimum absolute atomic E-state index is 0.00636. The molecule has 2 atom stereocenters. The number of nitrogens with zero attached hydrogens (tertiary/aromatic N) is 2. The van der Waals surface area contributed by atoms with Crippen molar-refractivity contribution in [2.75, 3.05) is 36.0 Å². The fraction of sp³-hybridized carbons (Fsp3) is 0.455. The van der Waals surface area contributed by atoms with Crippen LogP contribution in [0.2, 0.25) is 0 Å². The molecule has 39 heavy (non-hydrogen) atoms. The zero-order valence-corrected chi connectivity index (χ0v) is 28.0. The van der Waals surface area contributed by atoms with Gasteiger partial charge >= 0.3 is 17.9 Å². The molecule has 2 N–H and O–H groups in total. The molecule has 0 aliphatic rings. The van der Waals surface area contributed by atoms with E-state index in [0.717, 1.165) is 28.8 Å². The van der Waals surface area contributed by atoms with Crippen LogP contribution in [0.5, 0.6) is 0 Å². The van der Waals surface area contributed by atoms with E-state index in [2.05, 4.69) is 0 Å². The molecule has 1 aromatic rings. The fourth-order valence-corrected chi connectivity index (χ4v) is 7.06. The van der Waals surface area contributed by atoms with Crippen molar-refractivity contribution >= 4 is 120 Å². The number of hydrogen-bond donors (Lipinski definition) is 2. The van der Waals surface area contributed by atoms with Crippen LogP contribution in [-0.4, -0.2) is 95.2 Å². The van der Waals surface area contributed by atoms with E-state index in [0.29, 0.717) is 0 Å². The van der Waals surface area contributed by atoms with Gasteiger partial charge in [-0.25, -0.2) is 3.11 Å². The third kappa shape index (κ3) is 10.2. The maximum Gasteiger partial charge on any atom is 0.303 e. The second-order valence-corrected chi connectivity index (χ2v) is 11.0. The highest BCUT2D eigenvalue weighted by Crippen LogP contribution is 2.36. The highest BCUT2D eigenvalue weighted by Gasteiger charge is 2.39. The first kappa shape index (κ1) is 35.7. The number of rotatable bonds is 13. The van der Waals surface area contributed by atoms with E-state index in [-0.39, 0.29) is 37.0 Å². The van der Waals surface area contributed by atoms with E-state index in [1.165, 1.54) is 6.07 Å². The molecule has 0 bridgehead atoms. The topological polar surface area (TPSA) is 177 Å². The maximum absolute atomic E-state index is 13.6. The molecule has 2 amide bonds. The Morgan fingerprint density at radius 2 is 1.46 bits per heavy atom. The number of carbonyl (C=O) groups excluding carboxylic acids is 6. The van der Waals surface area contributed by atoms with Gasteiger partial charge in [-0.1, -0.05) is 0 Å². The number of amides is 2. The van der Waals surface area contributed by atoms with Crippen LogP contribution >= 0.6 is 79.6 Å². The van der Waals surface area contributed by atoms with Crippen LogP contribution in [0.25, 0.3) is 0 Å². The van der Waals surface area contributed by atoms with Crippen LogP contribution in [0, 0.1) is 7.14 Å². The van der Waals surface area contributed by atoms with Crippen molar-refractivity contribution in [1.82, 2.24) is 4.90 Å². The Kier molecular flexibility index (Phi) is 15.4. The first-order valence-corrected chi connectivity index (χ1v) is 14.4. The summed E-state index contributed by atoms with van der Waals surface area (Å²) in [7, 11) is 0. The third-order valence-corrected chi connectivity index (χ3v) is 8.08. The molecule has 0 saturated heterocycles. The van der Waals surface area contributed by atoms with Crippen molar-refractivity contribution in [2.24, 2.45) is 0 Å². The molecule has 0 aromatic heterocycles. The number of benzene rings is 1. The first-order valence-electron chi connectivity index (χ1n) is 10.9. The lowest BCUT2D eigenvalue weighted by Crippen LogP contribution is -2.48. The van der Waals surface area contributed by atoms with Gasteiger partial charge in [0.1, 0.15) is 6.61 Å². The minimum atomic E-state index is -1.78. The van der Waals surface area contributed by atoms with Crippen molar-refractivity contribution in [2.45, 2.75) is 33.0 Å². The van der Waals surface area contributed by atoms with Crippen LogP contribution in [0.15, 0.2) is 6.07 Å². The zero-order valence-electron chi connectivity index (χ0n) is 20.7. The molecule has 0 aliphatic carbocycles. The van der Waals surface area contributed by atoms with Crippen LogP contribution < -0.4 is 3.11 Å². The van der Waals surface area contributed by atoms with Gasteiger partial charge in [0.25, 0.3) is 17.1 Å². The number of carbonyl (C=O) groups is 6. The number of hydrogen-bond acceptors (Lipinski definition) is 11. The molecular formula is C22H24ClI3N2O11. The van der Waals surface area contributed by atoms with E-state index in [1.54, 1.807) is 68.0 Å². The molecule has 0 spiro atoms. The molecule has 17 heteroatoms. The fourth-order valence-electron chi connectivity index (χ4n) is 3.11. The van der Waals surface area contributed by atoms with E-state index in [1.807, 2.05) is 0 Å². The molecule has 216 valence electrons. The van der Waals surface area contributed by atoms with Gasteiger partial charge < -0.3 is 29.3 Å². The molecule has 1 aromatic carbocycles. The number of aliphatic hydroxyl groups excluding tert-OH is 2. The molecule has 0 saturated carbocycles. The minimum Gasteiger partial charge on any atom is -0.462 e. The predicted molar refractivity (Wildman–Crippen MR) is 161 cm³/mol. The first-order chi connectivity index (χ1) is 18.2. The third-order valence-electron chi connectivity index (χ3n) is 4.68. The average Bonchev–Trinajstić information content (AvgIpc) is 2.83. The Morgan fingerprint density at radius 1 is 0.923 bits per heavy atom. The van der Waals surface area contributed by atoms with Gasteiger partial charge in [-0.15, -0.1) is 0 Å². The Balaban J connectivity index is 3.73. The van der Waals surface area contributed by atoms with Gasteiger partial charge in [-0.05, 0) is 62.8 Å². The SMILES string of the molecule is CC(=O)OCC(OC(C)=O)C(OC(C)=O)C(=O)N(I)c1cc(C(=O)N(CCO)CCO)c(I)c(C(=O)Cl)c1I. The molecule has 13 nitrogen and oxygen atoms in total. The molecule has 0 radical (unpaired) electrons. The number of ether oxygens (including phenoxy) is 3. The Hall–Kier alpha value is -1.36. The molecule has 2 unspecified atom stereocenters. The summed E-state index contributed by atoms with van der Waals surface area (Å²) >= 11 is 10.9. The summed E-state index contributed by atoms with van der Waals surface area (Å²) in [5.74, 6) is -4.13. The number of esters is 3. The van der Waals surface area contributed by atoms with Crippen LogP contribution in [0.1, 0.15) is 41.5 Å². The maximum atomic E-state index is 13.6. The summed E-state index contributed by atoms with van der Waals surface area (Å²) in [6.45, 7) is 1.49. The van der Waals surface area contributed by atoms with Gasteiger partial charge in [-0.2, -0.15) is 0 Å². The van der Waals surface area contributed by atoms with E-state index < -0.39 is 67.0 Å². The zero-order chi connectivity index (χ0) is 30.0. The van der Waals surface area contributed by atoms with Gasteiger partial charge in [0.2, 0.25) is 6.10 Å². The second kappa shape index (κ2) is 16.8. The van der Waals surface area contributed by atoms with Crippen molar-refractivity contribution < 1.29 is 53.2 Å². The standard InChI is InChI=1S/C22H24ClI3N2O11/c1-10(31)37-9-15(38-11(2)32)19(39-12(3)33)22(36)28(26)14-8-13(17(24)16(18(14)25)20(23)34)21(35)27(4-6-29)5-7-30/h8,15,19,29-30H,4-7,9H2,1-3H3. The van der Waals surface area contributed by atoms with E-state index >= 15 is 0 Å². The lowest BCUT2D eigenvalue weighted by Gasteiger charge is -2.29. The van der Waals surface area contributed by atoms with Crippen molar-refractivity contribution in [3.8, 4) is 0 Å². The molecule has 0 heterocycles. The van der Waals surface area contributed by atoms with Gasteiger partial charge in [-0.3, -0.25) is 28.8 Å². The van der Waals surface area contributed by atoms with Gasteiger partial charge in [0, 0.05) is 37.4 Å². The molecular weight excluding hydrogens is 884 g/mol. The monoisotopic (exact) mass is 908 g/mol. The number of halogens is 4. The Labute approximate surface area is 269 Å². The Bertz CT molecular complexity index is 1130. The molecule has 0 aliphatic heterocycles. The normalized spacial score (nSPS) is 12.1. The van der Waals surface area contributed by atoms with Crippen LogP contribution in [0.4, 0.5) is 5.69 Å². The molecule has 1 rings (SSSR count). The number of aliphatic hydroxyl groups is 2. The van der Waals surface area contributed by atoms with Crippen molar-refractivity contribution in [3.05, 3.63) is 24.3 Å². The smallest absolute Gasteiger partial charge is 0.303 e. The van der Waals surface area contributed by atoms with Gasteiger partial charge in [0.15, 0.2) is 6.10 Å². The average molecular weight is 909 g/mol. The van der Waals surface area contributed by atoms with E-state index in [9.17, 15) is 39.0 Å². The van der Waals surface area contributed by atoms with Crippen molar-refractivity contribution in [1.29, 1.82) is 0 Å². The molecule has 0 fully saturated rings. The number of anilines is 1. The second-order valence-electron chi connectivity index (χ2n) is 7.56.